The fourth-order valence-corrected chi connectivity index (χ4v) is 1.44. The molecule has 0 aromatic heterocycles. The second kappa shape index (κ2) is 10.7. The lowest BCUT2D eigenvalue weighted by Gasteiger charge is -2.03. The van der Waals surface area contributed by atoms with Crippen LogP contribution >= 0.6 is 0 Å². The van der Waals surface area contributed by atoms with Gasteiger partial charge in [-0.1, -0.05) is 45.0 Å². The molecule has 0 amide bonds. The molecule has 0 aliphatic heterocycles. The maximum absolute atomic E-state index is 5.53. The first kappa shape index (κ1) is 15.1. The lowest BCUT2D eigenvalue weighted by Crippen LogP contribution is -2.14. The van der Waals surface area contributed by atoms with Crippen LogP contribution in [0.1, 0.15) is 38.3 Å². The Morgan fingerprint density at radius 1 is 1.06 bits per heavy atom. The summed E-state index contributed by atoms with van der Waals surface area (Å²) in [4.78, 5) is 0. The Balaban J connectivity index is 0.00000106. The zero-order chi connectivity index (χ0) is 12.2. The highest BCUT2D eigenvalue weighted by atomic mass is 14.8. The SMILES string of the molecule is CC.CCNCCCc1ccc(CN)cc1. The number of hydrogen-bond acceptors (Lipinski definition) is 2. The van der Waals surface area contributed by atoms with E-state index in [1.54, 1.807) is 0 Å². The molecule has 0 unspecified atom stereocenters. The van der Waals surface area contributed by atoms with Crippen molar-refractivity contribution < 1.29 is 0 Å². The minimum atomic E-state index is 0.637. The average molecular weight is 222 g/mol. The molecule has 0 aliphatic carbocycles. The molecule has 0 aliphatic rings. The van der Waals surface area contributed by atoms with Gasteiger partial charge < -0.3 is 11.1 Å². The molecule has 0 bridgehead atoms. The van der Waals surface area contributed by atoms with Crippen LogP contribution in [0.2, 0.25) is 0 Å². The minimum Gasteiger partial charge on any atom is -0.326 e. The quantitative estimate of drug-likeness (QED) is 0.726. The predicted octanol–water partition coefficient (Wildman–Crippen LogP) is 2.71. The van der Waals surface area contributed by atoms with E-state index in [1.165, 1.54) is 17.5 Å². The van der Waals surface area contributed by atoms with Gasteiger partial charge in [0, 0.05) is 6.54 Å². The van der Waals surface area contributed by atoms with E-state index in [4.69, 9.17) is 5.73 Å². The molecule has 0 radical (unpaired) electrons. The van der Waals surface area contributed by atoms with Crippen LogP contribution in [0.3, 0.4) is 0 Å². The second-order valence-corrected chi connectivity index (χ2v) is 3.48. The molecule has 92 valence electrons. The zero-order valence-corrected chi connectivity index (χ0v) is 10.9. The maximum Gasteiger partial charge on any atom is 0.0178 e. The van der Waals surface area contributed by atoms with Gasteiger partial charge in [-0.05, 0) is 37.1 Å². The number of benzene rings is 1. The molecule has 0 saturated carbocycles. The number of aryl methyl sites for hydroxylation is 1. The van der Waals surface area contributed by atoms with Crippen molar-refractivity contribution in [3.05, 3.63) is 35.4 Å². The van der Waals surface area contributed by atoms with Crippen LogP contribution in [0.25, 0.3) is 0 Å². The van der Waals surface area contributed by atoms with E-state index in [2.05, 4.69) is 36.5 Å². The maximum atomic E-state index is 5.53. The van der Waals surface area contributed by atoms with Crippen LogP contribution in [-0.2, 0) is 13.0 Å². The van der Waals surface area contributed by atoms with Crippen LogP contribution < -0.4 is 11.1 Å². The van der Waals surface area contributed by atoms with Crippen molar-refractivity contribution in [2.24, 2.45) is 5.73 Å². The molecule has 0 fully saturated rings. The summed E-state index contributed by atoms with van der Waals surface area (Å²) in [6.45, 7) is 8.94. The molecule has 1 aromatic carbocycles. The van der Waals surface area contributed by atoms with Gasteiger partial charge in [0.2, 0.25) is 0 Å². The molecule has 1 aromatic rings. The summed E-state index contributed by atoms with van der Waals surface area (Å²) >= 11 is 0. The molecular formula is C14H26N2. The fraction of sp³-hybridized carbons (Fsp3) is 0.571. The van der Waals surface area contributed by atoms with E-state index in [0.717, 1.165) is 19.5 Å². The van der Waals surface area contributed by atoms with Crippen molar-refractivity contribution in [1.29, 1.82) is 0 Å². The van der Waals surface area contributed by atoms with Gasteiger partial charge >= 0.3 is 0 Å². The first-order valence-corrected chi connectivity index (χ1v) is 6.35. The lowest BCUT2D eigenvalue weighted by molar-refractivity contribution is 0.672. The number of nitrogens with one attached hydrogen (secondary N) is 1. The third kappa shape index (κ3) is 6.59. The Morgan fingerprint density at radius 2 is 1.62 bits per heavy atom. The van der Waals surface area contributed by atoms with Crippen molar-refractivity contribution in [3.63, 3.8) is 0 Å². The molecule has 3 N–H and O–H groups in total. The summed E-state index contributed by atoms with van der Waals surface area (Å²) in [5.74, 6) is 0. The Hall–Kier alpha value is -0.860. The Morgan fingerprint density at radius 3 is 2.12 bits per heavy atom. The smallest absolute Gasteiger partial charge is 0.0178 e. The highest BCUT2D eigenvalue weighted by Gasteiger charge is 1.93. The number of rotatable bonds is 6. The van der Waals surface area contributed by atoms with Gasteiger partial charge in [0.15, 0.2) is 0 Å². The minimum absolute atomic E-state index is 0.637. The third-order valence-corrected chi connectivity index (χ3v) is 2.33. The summed E-state index contributed by atoms with van der Waals surface area (Å²) in [6.07, 6.45) is 2.35. The molecule has 2 heteroatoms. The molecule has 1 rings (SSSR count). The second-order valence-electron chi connectivity index (χ2n) is 3.48. The van der Waals surface area contributed by atoms with E-state index >= 15 is 0 Å². The predicted molar refractivity (Wildman–Crippen MR) is 72.5 cm³/mol. The summed E-state index contributed by atoms with van der Waals surface area (Å²) in [6, 6.07) is 8.58. The Kier molecular flexibility index (Phi) is 10.1. The molecule has 0 saturated heterocycles. The van der Waals surface area contributed by atoms with E-state index in [9.17, 15) is 0 Å². The molecule has 0 heterocycles. The van der Waals surface area contributed by atoms with Gasteiger partial charge in [-0.15, -0.1) is 0 Å². The summed E-state index contributed by atoms with van der Waals surface area (Å²) in [5.41, 5.74) is 8.14. The molecule has 16 heavy (non-hydrogen) atoms. The largest absolute Gasteiger partial charge is 0.326 e. The van der Waals surface area contributed by atoms with E-state index in [-0.39, 0.29) is 0 Å². The van der Waals surface area contributed by atoms with Gasteiger partial charge in [0.1, 0.15) is 0 Å². The zero-order valence-electron chi connectivity index (χ0n) is 10.9. The number of hydrogen-bond donors (Lipinski definition) is 2. The monoisotopic (exact) mass is 222 g/mol. The van der Waals surface area contributed by atoms with Crippen molar-refractivity contribution in [1.82, 2.24) is 5.32 Å². The average Bonchev–Trinajstić information content (AvgIpc) is 2.38. The first-order valence-electron chi connectivity index (χ1n) is 6.35. The summed E-state index contributed by atoms with van der Waals surface area (Å²) < 4.78 is 0. The summed E-state index contributed by atoms with van der Waals surface area (Å²) in [7, 11) is 0. The molecule has 0 spiro atoms. The van der Waals surface area contributed by atoms with Gasteiger partial charge in [0.25, 0.3) is 0 Å². The van der Waals surface area contributed by atoms with E-state index in [1.807, 2.05) is 13.8 Å². The van der Waals surface area contributed by atoms with Crippen molar-refractivity contribution >= 4 is 0 Å². The standard InChI is InChI=1S/C12H20N2.C2H6/c1-2-14-9-3-4-11-5-7-12(10-13)8-6-11;1-2/h5-8,14H,2-4,9-10,13H2,1H3;1-2H3. The van der Waals surface area contributed by atoms with Crippen molar-refractivity contribution in [2.75, 3.05) is 13.1 Å². The van der Waals surface area contributed by atoms with Gasteiger partial charge in [-0.2, -0.15) is 0 Å². The number of nitrogens with two attached hydrogens (primary N) is 1. The van der Waals surface area contributed by atoms with Gasteiger partial charge in [-0.3, -0.25) is 0 Å². The molecule has 0 atom stereocenters. The van der Waals surface area contributed by atoms with Crippen molar-refractivity contribution in [3.8, 4) is 0 Å². The van der Waals surface area contributed by atoms with E-state index in [0.29, 0.717) is 6.54 Å². The Bertz CT molecular complexity index is 241. The third-order valence-electron chi connectivity index (χ3n) is 2.33. The highest BCUT2D eigenvalue weighted by Crippen LogP contribution is 2.05. The van der Waals surface area contributed by atoms with Crippen LogP contribution in [0.4, 0.5) is 0 Å². The van der Waals surface area contributed by atoms with Crippen molar-refractivity contribution in [2.45, 2.75) is 40.2 Å². The topological polar surface area (TPSA) is 38.0 Å². The van der Waals surface area contributed by atoms with E-state index < -0.39 is 0 Å². The molecule has 2 nitrogen and oxygen atoms in total. The normalized spacial score (nSPS) is 9.50. The van der Waals surface area contributed by atoms with Crippen LogP contribution in [0.15, 0.2) is 24.3 Å². The summed E-state index contributed by atoms with van der Waals surface area (Å²) in [5, 5.41) is 3.32. The van der Waals surface area contributed by atoms with Crippen LogP contribution in [-0.4, -0.2) is 13.1 Å². The fourth-order valence-electron chi connectivity index (χ4n) is 1.44. The van der Waals surface area contributed by atoms with Crippen LogP contribution in [0.5, 0.6) is 0 Å². The first-order chi connectivity index (χ1) is 7.86. The Labute approximate surface area is 100 Å². The molecular weight excluding hydrogens is 196 g/mol. The lowest BCUT2D eigenvalue weighted by atomic mass is 10.1. The van der Waals surface area contributed by atoms with Gasteiger partial charge in [0.05, 0.1) is 0 Å². The van der Waals surface area contributed by atoms with Gasteiger partial charge in [-0.25, -0.2) is 0 Å². The highest BCUT2D eigenvalue weighted by molar-refractivity contribution is 5.22. The van der Waals surface area contributed by atoms with Crippen LogP contribution in [0, 0.1) is 0 Å².